The smallest absolute Gasteiger partial charge is 0.228 e. The summed E-state index contributed by atoms with van der Waals surface area (Å²) in [6.45, 7) is 0. The standard InChI is InChI=1S/C26H19N7O/c34-25(15-19-16-28-23-7-2-1-6-21(19)23)29-20-5-3-4-18(14-20)22-8-9-24-30-31-26(33(24)32-22)17-10-12-27-13-11-17/h1-14,16,28H,15H2,(H,29,34). The van der Waals surface area contributed by atoms with Crippen molar-refractivity contribution in [1.29, 1.82) is 0 Å². The first-order chi connectivity index (χ1) is 16.7. The highest BCUT2D eigenvalue weighted by Crippen LogP contribution is 2.24. The van der Waals surface area contributed by atoms with Crippen LogP contribution in [0.4, 0.5) is 5.69 Å². The van der Waals surface area contributed by atoms with Gasteiger partial charge in [0.25, 0.3) is 0 Å². The van der Waals surface area contributed by atoms with E-state index in [1.165, 1.54) is 0 Å². The van der Waals surface area contributed by atoms with E-state index in [2.05, 4.69) is 25.5 Å². The maximum absolute atomic E-state index is 12.7. The number of hydrogen-bond donors (Lipinski definition) is 2. The molecule has 0 atom stereocenters. The zero-order valence-corrected chi connectivity index (χ0v) is 18.0. The topological polar surface area (TPSA) is 101 Å². The van der Waals surface area contributed by atoms with Gasteiger partial charge in [0.15, 0.2) is 11.5 Å². The van der Waals surface area contributed by atoms with E-state index in [9.17, 15) is 4.79 Å². The number of rotatable bonds is 5. The number of nitrogens with zero attached hydrogens (tertiary/aromatic N) is 5. The molecule has 0 unspecified atom stereocenters. The maximum Gasteiger partial charge on any atom is 0.228 e. The highest BCUT2D eigenvalue weighted by Gasteiger charge is 2.12. The van der Waals surface area contributed by atoms with Crippen LogP contribution in [0.1, 0.15) is 5.56 Å². The molecule has 0 radical (unpaired) electrons. The molecule has 0 spiro atoms. The number of fused-ring (bicyclic) bond motifs is 2. The first-order valence-corrected chi connectivity index (χ1v) is 10.8. The molecule has 6 rings (SSSR count). The molecule has 0 saturated carbocycles. The molecule has 34 heavy (non-hydrogen) atoms. The van der Waals surface area contributed by atoms with Gasteiger partial charge in [-0.15, -0.1) is 10.2 Å². The average molecular weight is 445 g/mol. The molecule has 0 aliphatic heterocycles. The van der Waals surface area contributed by atoms with Crippen LogP contribution < -0.4 is 5.32 Å². The zero-order chi connectivity index (χ0) is 22.9. The van der Waals surface area contributed by atoms with Gasteiger partial charge in [-0.2, -0.15) is 9.61 Å². The Balaban J connectivity index is 1.26. The number of amides is 1. The molecule has 2 aromatic carbocycles. The van der Waals surface area contributed by atoms with Gasteiger partial charge in [0.05, 0.1) is 12.1 Å². The SMILES string of the molecule is O=C(Cc1c[nH]c2ccccc12)Nc1cccc(-c2ccc3nnc(-c4ccncc4)n3n2)c1. The largest absolute Gasteiger partial charge is 0.361 e. The van der Waals surface area contributed by atoms with Gasteiger partial charge in [0, 0.05) is 46.3 Å². The minimum atomic E-state index is -0.0795. The third-order valence-corrected chi connectivity index (χ3v) is 5.67. The number of aromatic nitrogens is 6. The molecule has 8 nitrogen and oxygen atoms in total. The van der Waals surface area contributed by atoms with E-state index in [0.29, 0.717) is 17.2 Å². The number of carbonyl (C=O) groups excluding carboxylic acids is 1. The summed E-state index contributed by atoms with van der Waals surface area (Å²) in [5.41, 5.74) is 5.85. The molecule has 4 aromatic heterocycles. The Morgan fingerprint density at radius 3 is 2.71 bits per heavy atom. The fraction of sp³-hybridized carbons (Fsp3) is 0.0385. The number of nitrogens with one attached hydrogen (secondary N) is 2. The lowest BCUT2D eigenvalue weighted by Crippen LogP contribution is -2.14. The molecule has 0 bridgehead atoms. The summed E-state index contributed by atoms with van der Waals surface area (Å²) < 4.78 is 1.72. The Kier molecular flexibility index (Phi) is 4.81. The Labute approximate surface area is 194 Å². The molecular formula is C26H19N7O. The van der Waals surface area contributed by atoms with Crippen molar-refractivity contribution in [2.24, 2.45) is 0 Å². The number of aromatic amines is 1. The molecule has 1 amide bonds. The average Bonchev–Trinajstić information content (AvgIpc) is 3.49. The van der Waals surface area contributed by atoms with Crippen LogP contribution in [0.25, 0.3) is 39.2 Å². The maximum atomic E-state index is 12.7. The molecule has 0 fully saturated rings. The molecule has 0 aliphatic rings. The molecule has 6 aromatic rings. The summed E-state index contributed by atoms with van der Waals surface area (Å²) in [4.78, 5) is 20.0. The quantitative estimate of drug-likeness (QED) is 0.406. The molecule has 4 heterocycles. The van der Waals surface area contributed by atoms with Crippen LogP contribution in [0.15, 0.2) is 91.4 Å². The van der Waals surface area contributed by atoms with Crippen molar-refractivity contribution < 1.29 is 4.79 Å². The minimum Gasteiger partial charge on any atom is -0.361 e. The van der Waals surface area contributed by atoms with Gasteiger partial charge < -0.3 is 10.3 Å². The number of benzene rings is 2. The Morgan fingerprint density at radius 2 is 1.79 bits per heavy atom. The summed E-state index contributed by atoms with van der Waals surface area (Å²) in [5.74, 6) is 0.562. The number of para-hydroxylation sites is 1. The van der Waals surface area contributed by atoms with E-state index in [-0.39, 0.29) is 12.3 Å². The van der Waals surface area contributed by atoms with Gasteiger partial charge in [0.2, 0.25) is 5.91 Å². The molecule has 164 valence electrons. The summed E-state index contributed by atoms with van der Waals surface area (Å²) >= 11 is 0. The Morgan fingerprint density at radius 1 is 0.912 bits per heavy atom. The van der Waals surface area contributed by atoms with Crippen LogP contribution in [0.3, 0.4) is 0 Å². The van der Waals surface area contributed by atoms with Crippen LogP contribution in [0.5, 0.6) is 0 Å². The van der Waals surface area contributed by atoms with Crippen LogP contribution >= 0.6 is 0 Å². The van der Waals surface area contributed by atoms with E-state index in [1.807, 2.05) is 79.0 Å². The third kappa shape index (κ3) is 3.67. The number of anilines is 1. The number of hydrogen-bond acceptors (Lipinski definition) is 5. The van der Waals surface area contributed by atoms with Gasteiger partial charge in [-0.25, -0.2) is 0 Å². The van der Waals surface area contributed by atoms with Crippen molar-refractivity contribution in [2.45, 2.75) is 6.42 Å². The van der Waals surface area contributed by atoms with Crippen molar-refractivity contribution in [3.8, 4) is 22.6 Å². The second-order valence-electron chi connectivity index (χ2n) is 7.91. The molecular weight excluding hydrogens is 426 g/mol. The van der Waals surface area contributed by atoms with E-state index in [0.717, 1.165) is 33.3 Å². The van der Waals surface area contributed by atoms with Gasteiger partial charge in [-0.05, 0) is 48.0 Å². The van der Waals surface area contributed by atoms with E-state index >= 15 is 0 Å². The predicted molar refractivity (Wildman–Crippen MR) is 130 cm³/mol. The molecule has 2 N–H and O–H groups in total. The summed E-state index contributed by atoms with van der Waals surface area (Å²) in [7, 11) is 0. The third-order valence-electron chi connectivity index (χ3n) is 5.67. The zero-order valence-electron chi connectivity index (χ0n) is 18.0. The van der Waals surface area contributed by atoms with Gasteiger partial charge in [0.1, 0.15) is 0 Å². The van der Waals surface area contributed by atoms with Crippen molar-refractivity contribution in [3.05, 3.63) is 97.0 Å². The van der Waals surface area contributed by atoms with Crippen molar-refractivity contribution >= 4 is 28.1 Å². The lowest BCUT2D eigenvalue weighted by molar-refractivity contribution is -0.115. The van der Waals surface area contributed by atoms with Crippen LogP contribution in [0.2, 0.25) is 0 Å². The summed E-state index contributed by atoms with van der Waals surface area (Å²) in [6, 6.07) is 23.1. The summed E-state index contributed by atoms with van der Waals surface area (Å²) in [6.07, 6.45) is 5.60. The predicted octanol–water partition coefficient (Wildman–Crippen LogP) is 4.52. The van der Waals surface area contributed by atoms with Crippen LogP contribution in [0, 0.1) is 0 Å². The Bertz CT molecular complexity index is 1640. The van der Waals surface area contributed by atoms with Crippen LogP contribution in [-0.2, 0) is 11.2 Å². The fourth-order valence-corrected chi connectivity index (χ4v) is 4.04. The van der Waals surface area contributed by atoms with Crippen molar-refractivity contribution in [1.82, 2.24) is 29.8 Å². The fourth-order valence-electron chi connectivity index (χ4n) is 4.04. The number of carbonyl (C=O) groups is 1. The molecule has 0 saturated heterocycles. The number of pyridine rings is 1. The number of H-pyrrole nitrogens is 1. The van der Waals surface area contributed by atoms with E-state index in [1.54, 1.807) is 16.9 Å². The van der Waals surface area contributed by atoms with Crippen molar-refractivity contribution in [3.63, 3.8) is 0 Å². The first-order valence-electron chi connectivity index (χ1n) is 10.8. The van der Waals surface area contributed by atoms with Gasteiger partial charge in [-0.3, -0.25) is 9.78 Å². The highest BCUT2D eigenvalue weighted by atomic mass is 16.1. The van der Waals surface area contributed by atoms with Crippen molar-refractivity contribution in [2.75, 3.05) is 5.32 Å². The lowest BCUT2D eigenvalue weighted by atomic mass is 10.1. The van der Waals surface area contributed by atoms with Crippen LogP contribution in [-0.4, -0.2) is 35.7 Å². The molecule has 0 aliphatic carbocycles. The second-order valence-corrected chi connectivity index (χ2v) is 7.91. The monoisotopic (exact) mass is 445 g/mol. The second kappa shape index (κ2) is 8.25. The minimum absolute atomic E-state index is 0.0795. The van der Waals surface area contributed by atoms with E-state index < -0.39 is 0 Å². The highest BCUT2D eigenvalue weighted by molar-refractivity contribution is 5.96. The van der Waals surface area contributed by atoms with Gasteiger partial charge in [-0.1, -0.05) is 30.3 Å². The summed E-state index contributed by atoms with van der Waals surface area (Å²) in [5, 5.41) is 17.3. The van der Waals surface area contributed by atoms with Gasteiger partial charge >= 0.3 is 0 Å². The normalized spacial score (nSPS) is 11.2. The lowest BCUT2D eigenvalue weighted by Gasteiger charge is -2.08. The first kappa shape index (κ1) is 19.8. The Hall–Kier alpha value is -4.85. The van der Waals surface area contributed by atoms with E-state index in [4.69, 9.17) is 5.10 Å². The molecule has 8 heteroatoms.